The van der Waals surface area contributed by atoms with Crippen molar-refractivity contribution in [3.05, 3.63) is 0 Å². The van der Waals surface area contributed by atoms with Crippen molar-refractivity contribution in [3.8, 4) is 12.3 Å². The summed E-state index contributed by atoms with van der Waals surface area (Å²) in [6.45, 7) is 2.60. The average Bonchev–Trinajstić information content (AvgIpc) is 2.32. The molecule has 0 aromatic carbocycles. The smallest absolute Gasteiger partial charge is 0.407 e. The van der Waals surface area contributed by atoms with Gasteiger partial charge in [-0.1, -0.05) is 13.3 Å². The zero-order valence-corrected chi connectivity index (χ0v) is 10.7. The Labute approximate surface area is 104 Å². The molecule has 1 aliphatic rings. The summed E-state index contributed by atoms with van der Waals surface area (Å²) in [5, 5.41) is 2.93. The van der Waals surface area contributed by atoms with Gasteiger partial charge in [-0.2, -0.15) is 0 Å². The summed E-state index contributed by atoms with van der Waals surface area (Å²) in [5.41, 5.74) is 0. The van der Waals surface area contributed by atoms with Crippen LogP contribution < -0.4 is 5.32 Å². The van der Waals surface area contributed by atoms with Gasteiger partial charge in [0.05, 0.1) is 6.61 Å². The summed E-state index contributed by atoms with van der Waals surface area (Å²) >= 11 is 0. The molecule has 0 radical (unpaired) electrons. The van der Waals surface area contributed by atoms with E-state index in [0.717, 1.165) is 44.9 Å². The molecule has 3 heteroatoms. The van der Waals surface area contributed by atoms with E-state index in [1.165, 1.54) is 0 Å². The van der Waals surface area contributed by atoms with E-state index in [1.54, 1.807) is 0 Å². The Kier molecular flexibility index (Phi) is 6.54. The standard InChI is InChI=1S/C14H23NO2/c1-3-5-11-17-14(16)15-13-9-7-12(6-4-2)8-10-13/h2,12-13H,3,5-11H2,1H3,(H,15,16)/t12-,13-. The van der Waals surface area contributed by atoms with E-state index >= 15 is 0 Å². The van der Waals surface area contributed by atoms with Gasteiger partial charge in [-0.3, -0.25) is 0 Å². The van der Waals surface area contributed by atoms with Crippen molar-refractivity contribution in [3.63, 3.8) is 0 Å². The van der Waals surface area contributed by atoms with E-state index in [-0.39, 0.29) is 12.1 Å². The molecule has 3 nitrogen and oxygen atoms in total. The number of amides is 1. The lowest BCUT2D eigenvalue weighted by atomic mass is 9.84. The van der Waals surface area contributed by atoms with Gasteiger partial charge in [-0.15, -0.1) is 12.3 Å². The van der Waals surface area contributed by atoms with Crippen molar-refractivity contribution in [1.82, 2.24) is 5.32 Å². The van der Waals surface area contributed by atoms with Gasteiger partial charge in [-0.25, -0.2) is 4.79 Å². The van der Waals surface area contributed by atoms with Crippen LogP contribution in [0.1, 0.15) is 51.9 Å². The molecule has 1 saturated carbocycles. The summed E-state index contributed by atoms with van der Waals surface area (Å²) in [4.78, 5) is 11.4. The first-order valence-corrected chi connectivity index (χ1v) is 6.63. The van der Waals surface area contributed by atoms with Gasteiger partial charge in [0.1, 0.15) is 0 Å². The maximum absolute atomic E-state index is 11.4. The summed E-state index contributed by atoms with van der Waals surface area (Å²) < 4.78 is 5.08. The highest BCUT2D eigenvalue weighted by Crippen LogP contribution is 2.26. The number of hydrogen-bond acceptors (Lipinski definition) is 2. The third-order valence-corrected chi connectivity index (χ3v) is 3.31. The fourth-order valence-corrected chi connectivity index (χ4v) is 2.20. The normalized spacial score (nSPS) is 23.8. The van der Waals surface area contributed by atoms with Crippen LogP contribution in [0.25, 0.3) is 0 Å². The number of unbranched alkanes of at least 4 members (excludes halogenated alkanes) is 1. The molecule has 0 saturated heterocycles. The Bertz CT molecular complexity index is 262. The van der Waals surface area contributed by atoms with Crippen LogP contribution in [-0.4, -0.2) is 18.7 Å². The fourth-order valence-electron chi connectivity index (χ4n) is 2.20. The van der Waals surface area contributed by atoms with Gasteiger partial charge in [0.15, 0.2) is 0 Å². The first kappa shape index (κ1) is 13.9. The molecule has 0 spiro atoms. The van der Waals surface area contributed by atoms with Crippen molar-refractivity contribution in [1.29, 1.82) is 0 Å². The Morgan fingerprint density at radius 3 is 2.71 bits per heavy atom. The molecule has 0 aliphatic heterocycles. The lowest BCUT2D eigenvalue weighted by molar-refractivity contribution is 0.136. The van der Waals surface area contributed by atoms with Crippen LogP contribution >= 0.6 is 0 Å². The highest BCUT2D eigenvalue weighted by Gasteiger charge is 2.22. The number of ether oxygens (including phenoxy) is 1. The van der Waals surface area contributed by atoms with Crippen LogP contribution in [0.3, 0.4) is 0 Å². The predicted octanol–water partition coefficient (Wildman–Crippen LogP) is 3.09. The molecular weight excluding hydrogens is 214 g/mol. The minimum atomic E-state index is -0.265. The second-order valence-electron chi connectivity index (χ2n) is 4.76. The molecule has 0 bridgehead atoms. The molecule has 0 aromatic heterocycles. The van der Waals surface area contributed by atoms with Gasteiger partial charge in [-0.05, 0) is 38.0 Å². The first-order chi connectivity index (χ1) is 8.26. The highest BCUT2D eigenvalue weighted by molar-refractivity contribution is 5.67. The number of nitrogens with one attached hydrogen (secondary N) is 1. The molecule has 0 aromatic rings. The molecule has 0 atom stereocenters. The summed E-state index contributed by atoms with van der Waals surface area (Å²) in [5.74, 6) is 3.36. The lowest BCUT2D eigenvalue weighted by Gasteiger charge is -2.27. The molecule has 17 heavy (non-hydrogen) atoms. The van der Waals surface area contributed by atoms with E-state index in [2.05, 4.69) is 18.2 Å². The van der Waals surface area contributed by atoms with Crippen molar-refractivity contribution >= 4 is 6.09 Å². The molecule has 1 aliphatic carbocycles. The summed E-state index contributed by atoms with van der Waals surface area (Å²) in [7, 11) is 0. The van der Waals surface area contributed by atoms with Gasteiger partial charge in [0, 0.05) is 12.5 Å². The fraction of sp³-hybridized carbons (Fsp3) is 0.786. The van der Waals surface area contributed by atoms with E-state index in [9.17, 15) is 4.79 Å². The minimum Gasteiger partial charge on any atom is -0.450 e. The molecular formula is C14H23NO2. The molecule has 0 heterocycles. The van der Waals surface area contributed by atoms with Crippen LogP contribution in [0, 0.1) is 18.3 Å². The van der Waals surface area contributed by atoms with Crippen LogP contribution in [0.5, 0.6) is 0 Å². The van der Waals surface area contributed by atoms with Crippen LogP contribution in [-0.2, 0) is 4.74 Å². The number of terminal acetylenes is 1. The van der Waals surface area contributed by atoms with Crippen molar-refractivity contribution in [2.24, 2.45) is 5.92 Å². The zero-order chi connectivity index (χ0) is 12.5. The van der Waals surface area contributed by atoms with E-state index in [0.29, 0.717) is 12.5 Å². The topological polar surface area (TPSA) is 38.3 Å². The van der Waals surface area contributed by atoms with Gasteiger partial charge < -0.3 is 10.1 Å². The lowest BCUT2D eigenvalue weighted by Crippen LogP contribution is -2.38. The van der Waals surface area contributed by atoms with Crippen molar-refractivity contribution < 1.29 is 9.53 Å². The number of carbonyl (C=O) groups is 1. The number of alkyl carbamates (subject to hydrolysis) is 1. The van der Waals surface area contributed by atoms with E-state index in [4.69, 9.17) is 11.2 Å². The van der Waals surface area contributed by atoms with Gasteiger partial charge in [0.25, 0.3) is 0 Å². The zero-order valence-electron chi connectivity index (χ0n) is 10.7. The second kappa shape index (κ2) is 8.00. The molecule has 1 rings (SSSR count). The Morgan fingerprint density at radius 1 is 1.41 bits per heavy atom. The van der Waals surface area contributed by atoms with E-state index < -0.39 is 0 Å². The van der Waals surface area contributed by atoms with Crippen LogP contribution in [0.2, 0.25) is 0 Å². The highest BCUT2D eigenvalue weighted by atomic mass is 16.5. The maximum Gasteiger partial charge on any atom is 0.407 e. The average molecular weight is 237 g/mol. The van der Waals surface area contributed by atoms with Crippen LogP contribution in [0.15, 0.2) is 0 Å². The van der Waals surface area contributed by atoms with Crippen molar-refractivity contribution in [2.45, 2.75) is 57.9 Å². The molecule has 1 amide bonds. The van der Waals surface area contributed by atoms with Crippen molar-refractivity contribution in [2.75, 3.05) is 6.61 Å². The number of rotatable bonds is 5. The number of hydrogen-bond donors (Lipinski definition) is 1. The SMILES string of the molecule is C#CC[C@H]1CC[C@H](NC(=O)OCCCC)CC1. The summed E-state index contributed by atoms with van der Waals surface area (Å²) in [6.07, 6.45) is 12.2. The Morgan fingerprint density at radius 2 is 2.12 bits per heavy atom. The van der Waals surface area contributed by atoms with Gasteiger partial charge >= 0.3 is 6.09 Å². The quantitative estimate of drug-likeness (QED) is 0.589. The summed E-state index contributed by atoms with van der Waals surface area (Å²) in [6, 6.07) is 0.276. The molecule has 1 N–H and O–H groups in total. The third-order valence-electron chi connectivity index (χ3n) is 3.31. The van der Waals surface area contributed by atoms with E-state index in [1.807, 2.05) is 0 Å². The Balaban J connectivity index is 2.13. The third kappa shape index (κ3) is 5.63. The predicted molar refractivity (Wildman–Crippen MR) is 68.6 cm³/mol. The molecule has 96 valence electrons. The monoisotopic (exact) mass is 237 g/mol. The largest absolute Gasteiger partial charge is 0.450 e. The first-order valence-electron chi connectivity index (χ1n) is 6.63. The minimum absolute atomic E-state index is 0.265. The molecule has 1 fully saturated rings. The number of carbonyl (C=O) groups excluding carboxylic acids is 1. The van der Waals surface area contributed by atoms with Crippen LogP contribution in [0.4, 0.5) is 4.79 Å². The van der Waals surface area contributed by atoms with Gasteiger partial charge in [0.2, 0.25) is 0 Å². The Hall–Kier alpha value is -1.17. The molecule has 0 unspecified atom stereocenters. The maximum atomic E-state index is 11.4. The second-order valence-corrected chi connectivity index (χ2v) is 4.76.